The van der Waals surface area contributed by atoms with Crippen LogP contribution in [0.4, 0.5) is 5.95 Å². The third-order valence-electron chi connectivity index (χ3n) is 2.56. The first kappa shape index (κ1) is 9.39. The molecule has 0 unspecified atom stereocenters. The zero-order valence-corrected chi connectivity index (χ0v) is 8.40. The maximum absolute atomic E-state index is 3.85. The van der Waals surface area contributed by atoms with Gasteiger partial charge in [-0.2, -0.15) is 0 Å². The molecule has 1 aromatic rings. The molecular weight excluding hydrogens is 180 g/mol. The summed E-state index contributed by atoms with van der Waals surface area (Å²) in [5, 5.41) is 17.8. The number of tetrazole rings is 1. The molecule has 6 nitrogen and oxygen atoms in total. The Bertz CT molecular complexity index is 277. The third-order valence-corrected chi connectivity index (χ3v) is 2.56. The second-order valence-corrected chi connectivity index (χ2v) is 3.63. The molecule has 2 N–H and O–H groups in total. The Morgan fingerprint density at radius 1 is 1.64 bits per heavy atom. The zero-order valence-electron chi connectivity index (χ0n) is 8.40. The Labute approximate surface area is 83.1 Å². The molecule has 1 aromatic heterocycles. The number of nitrogens with zero attached hydrogens (tertiary/aromatic N) is 4. The standard InChI is InChI=1S/C8H16N6/c1-14-8(11-12-13-14)10-6-4-7-3-2-5-9-7/h7,9H,2-6H2,1H3,(H,10,11,13)/t7-/m1/s1. The Balaban J connectivity index is 1.70. The second kappa shape index (κ2) is 4.36. The quantitative estimate of drug-likeness (QED) is 0.696. The van der Waals surface area contributed by atoms with E-state index in [1.165, 1.54) is 12.8 Å². The average molecular weight is 196 g/mol. The largest absolute Gasteiger partial charge is 0.353 e. The molecule has 0 saturated carbocycles. The Morgan fingerprint density at radius 3 is 3.21 bits per heavy atom. The molecule has 2 heterocycles. The fourth-order valence-corrected chi connectivity index (χ4v) is 1.74. The van der Waals surface area contributed by atoms with E-state index in [2.05, 4.69) is 26.2 Å². The number of aromatic nitrogens is 4. The van der Waals surface area contributed by atoms with E-state index in [0.29, 0.717) is 6.04 Å². The molecule has 0 aliphatic carbocycles. The van der Waals surface area contributed by atoms with Gasteiger partial charge in [-0.1, -0.05) is 5.10 Å². The van der Waals surface area contributed by atoms with Gasteiger partial charge >= 0.3 is 0 Å². The lowest BCUT2D eigenvalue weighted by Crippen LogP contribution is -2.24. The van der Waals surface area contributed by atoms with E-state index in [9.17, 15) is 0 Å². The summed E-state index contributed by atoms with van der Waals surface area (Å²) in [5.74, 6) is 0.739. The smallest absolute Gasteiger partial charge is 0.242 e. The van der Waals surface area contributed by atoms with Crippen LogP contribution in [0.5, 0.6) is 0 Å². The summed E-state index contributed by atoms with van der Waals surface area (Å²) >= 11 is 0. The third kappa shape index (κ3) is 2.20. The molecule has 0 aromatic carbocycles. The highest BCUT2D eigenvalue weighted by molar-refractivity contribution is 5.20. The molecule has 1 aliphatic rings. The van der Waals surface area contributed by atoms with Crippen LogP contribution in [0.1, 0.15) is 19.3 Å². The minimum Gasteiger partial charge on any atom is -0.353 e. The van der Waals surface area contributed by atoms with Gasteiger partial charge in [0, 0.05) is 19.6 Å². The Hall–Kier alpha value is -1.17. The molecule has 0 bridgehead atoms. The molecule has 2 rings (SSSR count). The van der Waals surface area contributed by atoms with Gasteiger partial charge in [-0.15, -0.1) is 0 Å². The molecule has 1 saturated heterocycles. The summed E-state index contributed by atoms with van der Waals surface area (Å²) in [5.41, 5.74) is 0. The topological polar surface area (TPSA) is 67.7 Å². The van der Waals surface area contributed by atoms with Gasteiger partial charge in [-0.25, -0.2) is 4.68 Å². The molecular formula is C8H16N6. The first-order chi connectivity index (χ1) is 6.86. The lowest BCUT2D eigenvalue weighted by molar-refractivity contribution is 0.572. The molecule has 1 aliphatic heterocycles. The molecule has 6 heteroatoms. The highest BCUT2D eigenvalue weighted by atomic mass is 15.6. The fraction of sp³-hybridized carbons (Fsp3) is 0.875. The number of anilines is 1. The van der Waals surface area contributed by atoms with Crippen molar-refractivity contribution in [2.24, 2.45) is 7.05 Å². The molecule has 0 amide bonds. The van der Waals surface area contributed by atoms with Gasteiger partial charge in [0.25, 0.3) is 0 Å². The SMILES string of the molecule is Cn1nnnc1NCC[C@H]1CCCN1. The van der Waals surface area contributed by atoms with Gasteiger partial charge in [-0.05, 0) is 36.2 Å². The molecule has 78 valence electrons. The Kier molecular flexibility index (Phi) is 2.93. The minimum absolute atomic E-state index is 0.670. The maximum Gasteiger partial charge on any atom is 0.242 e. The summed E-state index contributed by atoms with van der Waals surface area (Å²) < 4.78 is 1.64. The van der Waals surface area contributed by atoms with Crippen LogP contribution < -0.4 is 10.6 Å². The van der Waals surface area contributed by atoms with Crippen molar-refractivity contribution >= 4 is 5.95 Å². The van der Waals surface area contributed by atoms with Crippen molar-refractivity contribution in [3.05, 3.63) is 0 Å². The van der Waals surface area contributed by atoms with Gasteiger partial charge in [-0.3, -0.25) is 0 Å². The normalized spacial score (nSPS) is 21.4. The number of hydrogen-bond donors (Lipinski definition) is 2. The van der Waals surface area contributed by atoms with Gasteiger partial charge in [0.15, 0.2) is 0 Å². The fourth-order valence-electron chi connectivity index (χ4n) is 1.74. The minimum atomic E-state index is 0.670. The summed E-state index contributed by atoms with van der Waals surface area (Å²) in [7, 11) is 1.83. The lowest BCUT2D eigenvalue weighted by atomic mass is 10.2. The first-order valence-corrected chi connectivity index (χ1v) is 5.06. The van der Waals surface area contributed by atoms with Crippen molar-refractivity contribution in [3.63, 3.8) is 0 Å². The van der Waals surface area contributed by atoms with E-state index in [-0.39, 0.29) is 0 Å². The first-order valence-electron chi connectivity index (χ1n) is 5.06. The van der Waals surface area contributed by atoms with Crippen molar-refractivity contribution in [2.75, 3.05) is 18.4 Å². The van der Waals surface area contributed by atoms with Crippen LogP contribution in [0.3, 0.4) is 0 Å². The van der Waals surface area contributed by atoms with Crippen LogP contribution in [-0.4, -0.2) is 39.3 Å². The number of rotatable bonds is 4. The number of aryl methyl sites for hydroxylation is 1. The Morgan fingerprint density at radius 2 is 2.57 bits per heavy atom. The summed E-state index contributed by atoms with van der Waals surface area (Å²) in [6.07, 6.45) is 3.72. The highest BCUT2D eigenvalue weighted by Crippen LogP contribution is 2.08. The van der Waals surface area contributed by atoms with Crippen molar-refractivity contribution in [3.8, 4) is 0 Å². The van der Waals surface area contributed by atoms with Crippen LogP contribution in [0.15, 0.2) is 0 Å². The zero-order chi connectivity index (χ0) is 9.80. The van der Waals surface area contributed by atoms with Crippen molar-refractivity contribution in [1.29, 1.82) is 0 Å². The molecule has 0 spiro atoms. The predicted molar refractivity (Wildman–Crippen MR) is 52.9 cm³/mol. The van der Waals surface area contributed by atoms with E-state index < -0.39 is 0 Å². The predicted octanol–water partition coefficient (Wildman–Crippen LogP) is -0.236. The van der Waals surface area contributed by atoms with E-state index in [1.807, 2.05) is 7.05 Å². The van der Waals surface area contributed by atoms with Crippen molar-refractivity contribution in [2.45, 2.75) is 25.3 Å². The van der Waals surface area contributed by atoms with Gasteiger partial charge < -0.3 is 10.6 Å². The van der Waals surface area contributed by atoms with Crippen LogP contribution in [0, 0.1) is 0 Å². The van der Waals surface area contributed by atoms with Gasteiger partial charge in [0.05, 0.1) is 0 Å². The van der Waals surface area contributed by atoms with Gasteiger partial charge in [0.1, 0.15) is 0 Å². The number of hydrogen-bond acceptors (Lipinski definition) is 5. The monoisotopic (exact) mass is 196 g/mol. The lowest BCUT2D eigenvalue weighted by Gasteiger charge is -2.09. The van der Waals surface area contributed by atoms with E-state index >= 15 is 0 Å². The van der Waals surface area contributed by atoms with E-state index in [1.54, 1.807) is 4.68 Å². The van der Waals surface area contributed by atoms with Crippen molar-refractivity contribution < 1.29 is 0 Å². The maximum atomic E-state index is 3.85. The van der Waals surface area contributed by atoms with Gasteiger partial charge in [0.2, 0.25) is 5.95 Å². The summed E-state index contributed by atoms with van der Waals surface area (Å²) in [6.45, 7) is 2.09. The van der Waals surface area contributed by atoms with Crippen LogP contribution >= 0.6 is 0 Å². The van der Waals surface area contributed by atoms with Crippen LogP contribution in [0.2, 0.25) is 0 Å². The summed E-state index contributed by atoms with van der Waals surface area (Å²) in [6, 6.07) is 0.670. The van der Waals surface area contributed by atoms with Crippen molar-refractivity contribution in [1.82, 2.24) is 25.5 Å². The molecule has 0 radical (unpaired) electrons. The highest BCUT2D eigenvalue weighted by Gasteiger charge is 2.13. The van der Waals surface area contributed by atoms with Crippen LogP contribution in [-0.2, 0) is 7.05 Å². The second-order valence-electron chi connectivity index (χ2n) is 3.63. The molecule has 14 heavy (non-hydrogen) atoms. The van der Waals surface area contributed by atoms with Crippen LogP contribution in [0.25, 0.3) is 0 Å². The molecule has 1 atom stereocenters. The average Bonchev–Trinajstić information content (AvgIpc) is 2.78. The van der Waals surface area contributed by atoms with E-state index in [0.717, 1.165) is 25.5 Å². The van der Waals surface area contributed by atoms with E-state index in [4.69, 9.17) is 0 Å². The number of nitrogens with one attached hydrogen (secondary N) is 2. The summed E-state index contributed by atoms with van der Waals surface area (Å²) in [4.78, 5) is 0. The molecule has 1 fully saturated rings.